The molecular weight excluding hydrogens is 540 g/mol. The van der Waals surface area contributed by atoms with Crippen molar-refractivity contribution >= 4 is 29.4 Å². The van der Waals surface area contributed by atoms with Crippen LogP contribution in [0.2, 0.25) is 0 Å². The van der Waals surface area contributed by atoms with Crippen LogP contribution in [0.15, 0.2) is 53.0 Å². The predicted molar refractivity (Wildman–Crippen MR) is 149 cm³/mol. The Balaban J connectivity index is 1.48. The highest BCUT2D eigenvalue weighted by Crippen LogP contribution is 2.37. The van der Waals surface area contributed by atoms with E-state index >= 15 is 4.39 Å². The van der Waals surface area contributed by atoms with Crippen molar-refractivity contribution < 1.29 is 27.2 Å². The van der Waals surface area contributed by atoms with Gasteiger partial charge in [-0.25, -0.2) is 9.38 Å². The van der Waals surface area contributed by atoms with Crippen molar-refractivity contribution in [3.63, 3.8) is 0 Å². The fraction of sp³-hybridized carbons (Fsp3) is 0.414. The quantitative estimate of drug-likeness (QED) is 0.518. The number of hydrogen-bond acceptors (Lipinski definition) is 6. The number of benzene rings is 2. The Bertz CT molecular complexity index is 1360. The molecule has 0 aromatic heterocycles. The van der Waals surface area contributed by atoms with E-state index in [1.807, 2.05) is 11.9 Å². The van der Waals surface area contributed by atoms with E-state index in [0.717, 1.165) is 51.0 Å². The lowest BCUT2D eigenvalue weighted by Gasteiger charge is -2.35. The standard InChI is InChI=1S/C29H32F4N6O2/c1-37-10-12-39(13-11-37)26-5-3-20(21-14-19(2-4-24(21)30)18-38-8-6-34-7-9-38)15-25(26)36-28(41)22-17-35-27(40)16-23(22)29(31,32)33/h2-5,14-17,22,34H,6-13,18H2,1H3,(H,36,41). The van der Waals surface area contributed by atoms with Gasteiger partial charge in [-0.2, -0.15) is 13.2 Å². The molecule has 2 aromatic carbocycles. The third kappa shape index (κ3) is 6.83. The first kappa shape index (κ1) is 28.9. The summed E-state index contributed by atoms with van der Waals surface area (Å²) >= 11 is 0. The van der Waals surface area contributed by atoms with Crippen LogP contribution in [0.25, 0.3) is 11.1 Å². The van der Waals surface area contributed by atoms with Crippen LogP contribution in [0.5, 0.6) is 0 Å². The van der Waals surface area contributed by atoms with Gasteiger partial charge in [0.15, 0.2) is 0 Å². The van der Waals surface area contributed by atoms with Crippen molar-refractivity contribution in [2.75, 3.05) is 69.6 Å². The van der Waals surface area contributed by atoms with Gasteiger partial charge in [0, 0.05) is 76.8 Å². The lowest BCUT2D eigenvalue weighted by atomic mass is 9.95. The summed E-state index contributed by atoms with van der Waals surface area (Å²) in [6.45, 7) is 6.99. The van der Waals surface area contributed by atoms with Crippen molar-refractivity contribution in [2.45, 2.75) is 12.7 Å². The van der Waals surface area contributed by atoms with Crippen molar-refractivity contribution in [3.8, 4) is 11.1 Å². The van der Waals surface area contributed by atoms with Crippen LogP contribution in [0.1, 0.15) is 5.56 Å². The second kappa shape index (κ2) is 12.1. The van der Waals surface area contributed by atoms with Crippen LogP contribution in [0.3, 0.4) is 0 Å². The number of carbonyl (C=O) groups excluding carboxylic acids is 2. The monoisotopic (exact) mass is 572 g/mol. The highest BCUT2D eigenvalue weighted by molar-refractivity contribution is 6.11. The molecule has 3 aliphatic rings. The first-order valence-corrected chi connectivity index (χ1v) is 13.6. The Labute approximate surface area is 235 Å². The van der Waals surface area contributed by atoms with Crippen LogP contribution in [-0.2, 0) is 16.1 Å². The number of carbonyl (C=O) groups is 2. The third-order valence-corrected chi connectivity index (χ3v) is 7.63. The van der Waals surface area contributed by atoms with E-state index in [1.54, 1.807) is 30.3 Å². The number of nitrogens with one attached hydrogen (secondary N) is 2. The number of hydrogen-bond donors (Lipinski definition) is 2. The van der Waals surface area contributed by atoms with Crippen LogP contribution < -0.4 is 15.5 Å². The highest BCUT2D eigenvalue weighted by atomic mass is 19.4. The number of alkyl halides is 3. The number of halogens is 4. The molecule has 2 amide bonds. The first-order chi connectivity index (χ1) is 19.6. The van der Waals surface area contributed by atoms with Gasteiger partial charge in [-0.3, -0.25) is 14.5 Å². The lowest BCUT2D eigenvalue weighted by Crippen LogP contribution is -2.44. The summed E-state index contributed by atoms with van der Waals surface area (Å²) in [4.78, 5) is 34.7. The van der Waals surface area contributed by atoms with E-state index in [0.29, 0.717) is 42.5 Å². The lowest BCUT2D eigenvalue weighted by molar-refractivity contribution is -0.124. The maximum Gasteiger partial charge on any atom is 0.414 e. The fourth-order valence-electron chi connectivity index (χ4n) is 5.31. The van der Waals surface area contributed by atoms with E-state index < -0.39 is 35.3 Å². The van der Waals surface area contributed by atoms with Crippen molar-refractivity contribution in [1.29, 1.82) is 0 Å². The van der Waals surface area contributed by atoms with E-state index in [2.05, 4.69) is 25.4 Å². The summed E-state index contributed by atoms with van der Waals surface area (Å²) in [5.74, 6) is -4.29. The molecule has 12 heteroatoms. The molecule has 1 unspecified atom stereocenters. The molecule has 0 saturated carbocycles. The van der Waals surface area contributed by atoms with E-state index in [4.69, 9.17) is 0 Å². The van der Waals surface area contributed by atoms with E-state index in [9.17, 15) is 22.8 Å². The maximum atomic E-state index is 15.1. The highest BCUT2D eigenvalue weighted by Gasteiger charge is 2.43. The van der Waals surface area contributed by atoms with Gasteiger partial charge in [0.05, 0.1) is 16.9 Å². The van der Waals surface area contributed by atoms with E-state index in [1.165, 1.54) is 6.07 Å². The SMILES string of the molecule is CN1CCN(c2ccc(-c3cc(CN4CCNCC4)ccc3F)cc2NC(=O)C2C=NC(=O)C=C2C(F)(F)F)CC1. The Morgan fingerprint density at radius 2 is 1.78 bits per heavy atom. The van der Waals surface area contributed by atoms with Gasteiger partial charge < -0.3 is 20.4 Å². The Hall–Kier alpha value is -3.61. The second-order valence-corrected chi connectivity index (χ2v) is 10.5. The number of amides is 2. The topological polar surface area (TPSA) is 80.3 Å². The molecule has 2 N–H and O–H groups in total. The molecule has 2 aromatic rings. The molecule has 2 fully saturated rings. The normalized spacial score (nSPS) is 20.7. The molecule has 0 radical (unpaired) electrons. The van der Waals surface area contributed by atoms with Gasteiger partial charge >= 0.3 is 6.18 Å². The molecule has 218 valence electrons. The van der Waals surface area contributed by atoms with Gasteiger partial charge in [0.25, 0.3) is 5.91 Å². The smallest absolute Gasteiger partial charge is 0.367 e. The second-order valence-electron chi connectivity index (χ2n) is 10.5. The summed E-state index contributed by atoms with van der Waals surface area (Å²) in [6.07, 6.45) is -3.82. The van der Waals surface area contributed by atoms with Gasteiger partial charge in [0.1, 0.15) is 11.7 Å². The van der Waals surface area contributed by atoms with Gasteiger partial charge in [-0.1, -0.05) is 12.1 Å². The molecule has 0 aliphatic carbocycles. The molecule has 41 heavy (non-hydrogen) atoms. The molecule has 2 saturated heterocycles. The molecule has 8 nitrogen and oxygen atoms in total. The molecule has 0 bridgehead atoms. The summed E-state index contributed by atoms with van der Waals surface area (Å²) in [5, 5.41) is 5.95. The van der Waals surface area contributed by atoms with Crippen LogP contribution >= 0.6 is 0 Å². The zero-order valence-corrected chi connectivity index (χ0v) is 22.7. The van der Waals surface area contributed by atoms with Gasteiger partial charge in [0.2, 0.25) is 5.91 Å². The van der Waals surface area contributed by atoms with E-state index in [-0.39, 0.29) is 5.69 Å². The molecular formula is C29H32F4N6O2. The average Bonchev–Trinajstić information content (AvgIpc) is 2.94. The summed E-state index contributed by atoms with van der Waals surface area (Å²) in [6, 6.07) is 10.1. The summed E-state index contributed by atoms with van der Waals surface area (Å²) in [5.41, 5.74) is 1.35. The van der Waals surface area contributed by atoms with Crippen molar-refractivity contribution in [3.05, 3.63) is 59.4 Å². The maximum absolute atomic E-state index is 15.1. The molecule has 0 spiro atoms. The number of nitrogens with zero attached hydrogens (tertiary/aromatic N) is 4. The van der Waals surface area contributed by atoms with Crippen LogP contribution in [0, 0.1) is 11.7 Å². The number of anilines is 2. The zero-order valence-electron chi connectivity index (χ0n) is 22.7. The minimum atomic E-state index is -4.89. The summed E-state index contributed by atoms with van der Waals surface area (Å²) in [7, 11) is 1.99. The van der Waals surface area contributed by atoms with Gasteiger partial charge in [-0.05, 0) is 42.4 Å². The largest absolute Gasteiger partial charge is 0.414 e. The number of dihydropyridines is 1. The summed E-state index contributed by atoms with van der Waals surface area (Å²) < 4.78 is 56.2. The number of rotatable bonds is 6. The Morgan fingerprint density at radius 1 is 1.05 bits per heavy atom. The number of likely N-dealkylation sites (N-methyl/N-ethyl adjacent to an activating group) is 1. The van der Waals surface area contributed by atoms with Gasteiger partial charge in [-0.15, -0.1) is 0 Å². The fourth-order valence-corrected chi connectivity index (χ4v) is 5.31. The molecule has 3 heterocycles. The molecule has 3 aliphatic heterocycles. The van der Waals surface area contributed by atoms with Crippen molar-refractivity contribution in [1.82, 2.24) is 15.1 Å². The Kier molecular flexibility index (Phi) is 8.52. The van der Waals surface area contributed by atoms with Crippen LogP contribution in [0.4, 0.5) is 28.9 Å². The molecule has 1 atom stereocenters. The van der Waals surface area contributed by atoms with Crippen molar-refractivity contribution in [2.24, 2.45) is 10.9 Å². The van der Waals surface area contributed by atoms with Crippen LogP contribution in [-0.4, -0.2) is 93.4 Å². The average molecular weight is 573 g/mol. The first-order valence-electron chi connectivity index (χ1n) is 13.6. The number of aliphatic imine (C=N–C) groups is 1. The Morgan fingerprint density at radius 3 is 2.49 bits per heavy atom. The molecule has 5 rings (SSSR count). The number of piperazine rings is 2. The third-order valence-electron chi connectivity index (χ3n) is 7.63. The minimum Gasteiger partial charge on any atom is -0.367 e. The minimum absolute atomic E-state index is 0.260. The predicted octanol–water partition coefficient (Wildman–Crippen LogP) is 3.30. The zero-order chi connectivity index (χ0) is 29.1.